The van der Waals surface area contributed by atoms with Crippen LogP contribution in [-0.4, -0.2) is 47.4 Å². The number of rotatable bonds is 5. The van der Waals surface area contributed by atoms with Gasteiger partial charge in [0.1, 0.15) is 18.0 Å². The summed E-state index contributed by atoms with van der Waals surface area (Å²) >= 11 is 0. The van der Waals surface area contributed by atoms with Crippen molar-refractivity contribution >= 4 is 11.6 Å². The Morgan fingerprint density at radius 2 is 1.95 bits per heavy atom. The Labute approximate surface area is 120 Å². The van der Waals surface area contributed by atoms with Crippen LogP contribution in [0.25, 0.3) is 0 Å². The van der Waals surface area contributed by atoms with Crippen LogP contribution >= 0.6 is 0 Å². The van der Waals surface area contributed by atoms with Crippen LogP contribution < -0.4 is 9.80 Å². The van der Waals surface area contributed by atoms with Gasteiger partial charge in [-0.15, -0.1) is 0 Å². The van der Waals surface area contributed by atoms with Crippen LogP contribution in [0.2, 0.25) is 0 Å². The third-order valence-electron chi connectivity index (χ3n) is 4.47. The van der Waals surface area contributed by atoms with Gasteiger partial charge >= 0.3 is 0 Å². The predicted octanol–water partition coefficient (Wildman–Crippen LogP) is 1.82. The molecule has 20 heavy (non-hydrogen) atoms. The minimum atomic E-state index is 0.180. The summed E-state index contributed by atoms with van der Waals surface area (Å²) in [6.45, 7) is 3.04. The molecule has 0 unspecified atom stereocenters. The van der Waals surface area contributed by atoms with Crippen LogP contribution in [0, 0.1) is 0 Å². The molecule has 5 heteroatoms. The maximum absolute atomic E-state index is 9.29. The summed E-state index contributed by atoms with van der Waals surface area (Å²) in [7, 11) is 0. The topological polar surface area (TPSA) is 52.5 Å². The van der Waals surface area contributed by atoms with E-state index in [0.29, 0.717) is 12.6 Å². The second-order valence-corrected chi connectivity index (χ2v) is 5.78. The monoisotopic (exact) mass is 276 g/mol. The van der Waals surface area contributed by atoms with E-state index < -0.39 is 0 Å². The van der Waals surface area contributed by atoms with Gasteiger partial charge in [-0.25, -0.2) is 9.97 Å². The highest BCUT2D eigenvalue weighted by molar-refractivity contribution is 5.51. The molecule has 0 spiro atoms. The largest absolute Gasteiger partial charge is 0.395 e. The molecule has 1 aliphatic carbocycles. The van der Waals surface area contributed by atoms with Crippen molar-refractivity contribution in [2.75, 3.05) is 36.0 Å². The molecule has 110 valence electrons. The van der Waals surface area contributed by atoms with Crippen LogP contribution in [-0.2, 0) is 0 Å². The lowest BCUT2D eigenvalue weighted by atomic mass is 9.91. The van der Waals surface area contributed by atoms with Gasteiger partial charge in [-0.05, 0) is 38.5 Å². The average molecular weight is 276 g/mol. The van der Waals surface area contributed by atoms with Gasteiger partial charge in [0.05, 0.1) is 6.61 Å². The Kier molecular flexibility index (Phi) is 4.35. The van der Waals surface area contributed by atoms with Crippen LogP contribution in [0.1, 0.15) is 38.5 Å². The van der Waals surface area contributed by atoms with Crippen LogP contribution in [0.3, 0.4) is 0 Å². The fourth-order valence-corrected chi connectivity index (χ4v) is 3.08. The standard InChI is InChI=1S/C15H24N4O/c20-10-9-19(13-5-4-6-13)15-11-14(16-12-17-15)18-7-2-1-3-8-18/h11-13,20H,1-10H2. The first-order valence-corrected chi connectivity index (χ1v) is 7.83. The normalized spacial score (nSPS) is 19.8. The second kappa shape index (κ2) is 6.39. The Hall–Kier alpha value is -1.36. The van der Waals surface area contributed by atoms with E-state index >= 15 is 0 Å². The van der Waals surface area contributed by atoms with Crippen LogP contribution in [0.4, 0.5) is 11.6 Å². The van der Waals surface area contributed by atoms with Gasteiger partial charge < -0.3 is 14.9 Å². The van der Waals surface area contributed by atoms with Crippen molar-refractivity contribution in [1.29, 1.82) is 0 Å². The minimum absolute atomic E-state index is 0.180. The molecule has 1 N–H and O–H groups in total. The van der Waals surface area contributed by atoms with Crippen molar-refractivity contribution in [2.45, 2.75) is 44.6 Å². The highest BCUT2D eigenvalue weighted by Crippen LogP contribution is 2.29. The lowest BCUT2D eigenvalue weighted by Crippen LogP contribution is -2.42. The Bertz CT molecular complexity index is 430. The third kappa shape index (κ3) is 2.87. The first-order valence-electron chi connectivity index (χ1n) is 7.83. The first kappa shape index (κ1) is 13.6. The number of piperidine rings is 1. The zero-order valence-electron chi connectivity index (χ0n) is 12.0. The highest BCUT2D eigenvalue weighted by Gasteiger charge is 2.26. The van der Waals surface area contributed by atoms with Crippen LogP contribution in [0.15, 0.2) is 12.4 Å². The van der Waals surface area contributed by atoms with Crippen molar-refractivity contribution in [3.05, 3.63) is 12.4 Å². The molecule has 2 heterocycles. The molecular weight excluding hydrogens is 252 g/mol. The third-order valence-corrected chi connectivity index (χ3v) is 4.47. The molecule has 0 bridgehead atoms. The number of aromatic nitrogens is 2. The summed E-state index contributed by atoms with van der Waals surface area (Å²) in [4.78, 5) is 13.5. The number of hydrogen-bond acceptors (Lipinski definition) is 5. The lowest BCUT2D eigenvalue weighted by Gasteiger charge is -2.38. The van der Waals surface area contributed by atoms with E-state index in [1.807, 2.05) is 0 Å². The maximum atomic E-state index is 9.29. The van der Waals surface area contributed by atoms with Gasteiger partial charge in [0.25, 0.3) is 0 Å². The van der Waals surface area contributed by atoms with Crippen molar-refractivity contribution in [2.24, 2.45) is 0 Å². The number of nitrogens with zero attached hydrogens (tertiary/aromatic N) is 4. The summed E-state index contributed by atoms with van der Waals surface area (Å²) in [5.41, 5.74) is 0. The van der Waals surface area contributed by atoms with Gasteiger partial charge in [0, 0.05) is 31.7 Å². The van der Waals surface area contributed by atoms with Gasteiger partial charge in [-0.3, -0.25) is 0 Å². The predicted molar refractivity (Wildman–Crippen MR) is 80.2 cm³/mol. The second-order valence-electron chi connectivity index (χ2n) is 5.78. The molecule has 3 rings (SSSR count). The fraction of sp³-hybridized carbons (Fsp3) is 0.733. The van der Waals surface area contributed by atoms with E-state index in [1.165, 1.54) is 38.5 Å². The molecular formula is C15H24N4O. The summed E-state index contributed by atoms with van der Waals surface area (Å²) in [5, 5.41) is 9.29. The molecule has 5 nitrogen and oxygen atoms in total. The van der Waals surface area contributed by atoms with E-state index in [0.717, 1.165) is 24.7 Å². The fourth-order valence-electron chi connectivity index (χ4n) is 3.08. The number of aliphatic hydroxyl groups is 1. The first-order chi connectivity index (χ1) is 9.88. The molecule has 2 aliphatic rings. The highest BCUT2D eigenvalue weighted by atomic mass is 16.3. The Balaban J connectivity index is 1.77. The van der Waals surface area contributed by atoms with Crippen LogP contribution in [0.5, 0.6) is 0 Å². The van der Waals surface area contributed by atoms with Crippen molar-refractivity contribution in [3.63, 3.8) is 0 Å². The Morgan fingerprint density at radius 3 is 2.60 bits per heavy atom. The molecule has 0 aromatic carbocycles. The summed E-state index contributed by atoms with van der Waals surface area (Å²) < 4.78 is 0. The molecule has 2 fully saturated rings. The molecule has 1 saturated heterocycles. The van der Waals surface area contributed by atoms with Crippen molar-refractivity contribution in [1.82, 2.24) is 9.97 Å². The molecule has 1 aromatic heterocycles. The SMILES string of the molecule is OCCN(c1cc(N2CCCCC2)ncn1)C1CCC1. The zero-order valence-corrected chi connectivity index (χ0v) is 12.0. The van der Waals surface area contributed by atoms with Crippen molar-refractivity contribution in [3.8, 4) is 0 Å². The Morgan fingerprint density at radius 1 is 1.15 bits per heavy atom. The summed E-state index contributed by atoms with van der Waals surface area (Å²) in [5.74, 6) is 2.01. The van der Waals surface area contributed by atoms with E-state index in [4.69, 9.17) is 0 Å². The number of aliphatic hydroxyl groups excluding tert-OH is 1. The minimum Gasteiger partial charge on any atom is -0.395 e. The number of hydrogen-bond donors (Lipinski definition) is 1. The van der Waals surface area contributed by atoms with E-state index in [2.05, 4.69) is 25.8 Å². The van der Waals surface area contributed by atoms with E-state index in [-0.39, 0.29) is 6.61 Å². The molecule has 0 amide bonds. The van der Waals surface area contributed by atoms with Gasteiger partial charge in [-0.1, -0.05) is 0 Å². The maximum Gasteiger partial charge on any atom is 0.134 e. The summed E-state index contributed by atoms with van der Waals surface area (Å²) in [6, 6.07) is 2.64. The molecule has 1 aliphatic heterocycles. The van der Waals surface area contributed by atoms with Crippen molar-refractivity contribution < 1.29 is 5.11 Å². The quantitative estimate of drug-likeness (QED) is 0.889. The summed E-state index contributed by atoms with van der Waals surface area (Å²) in [6.07, 6.45) is 9.21. The van der Waals surface area contributed by atoms with Gasteiger partial charge in [0.2, 0.25) is 0 Å². The smallest absolute Gasteiger partial charge is 0.134 e. The van der Waals surface area contributed by atoms with Gasteiger partial charge in [0.15, 0.2) is 0 Å². The number of anilines is 2. The molecule has 1 saturated carbocycles. The zero-order chi connectivity index (χ0) is 13.8. The molecule has 1 aromatic rings. The molecule has 0 atom stereocenters. The molecule has 0 radical (unpaired) electrons. The van der Waals surface area contributed by atoms with E-state index in [9.17, 15) is 5.11 Å². The van der Waals surface area contributed by atoms with Gasteiger partial charge in [-0.2, -0.15) is 0 Å². The van der Waals surface area contributed by atoms with E-state index in [1.54, 1.807) is 6.33 Å². The average Bonchev–Trinajstić information content (AvgIpc) is 2.46. The lowest BCUT2D eigenvalue weighted by molar-refractivity contribution is 0.283.